The van der Waals surface area contributed by atoms with Crippen molar-refractivity contribution in [2.24, 2.45) is 0 Å². The molecule has 0 atom stereocenters. The fourth-order valence-electron chi connectivity index (χ4n) is 3.94. The van der Waals surface area contributed by atoms with Crippen LogP contribution in [0.5, 0.6) is 11.6 Å². The lowest BCUT2D eigenvalue weighted by Crippen LogP contribution is -2.38. The molecule has 8 heteroatoms. The lowest BCUT2D eigenvalue weighted by Gasteiger charge is -2.31. The van der Waals surface area contributed by atoms with Crippen molar-refractivity contribution in [2.75, 3.05) is 37.7 Å². The van der Waals surface area contributed by atoms with Crippen molar-refractivity contribution in [3.8, 4) is 11.6 Å². The van der Waals surface area contributed by atoms with Crippen LogP contribution in [-0.2, 0) is 24.2 Å². The quantitative estimate of drug-likeness (QED) is 0.627. The molecule has 31 heavy (non-hydrogen) atoms. The zero-order valence-electron chi connectivity index (χ0n) is 17.2. The van der Waals surface area contributed by atoms with E-state index >= 15 is 0 Å². The van der Waals surface area contributed by atoms with Crippen LogP contribution in [-0.4, -0.2) is 52.7 Å². The van der Waals surface area contributed by atoms with E-state index in [9.17, 15) is 4.39 Å². The molecule has 0 aliphatic carbocycles. The Morgan fingerprint density at radius 3 is 2.68 bits per heavy atom. The fourth-order valence-corrected chi connectivity index (χ4v) is 3.94. The van der Waals surface area contributed by atoms with E-state index in [4.69, 9.17) is 19.4 Å². The number of morpholine rings is 1. The van der Waals surface area contributed by atoms with Crippen molar-refractivity contribution >= 4 is 5.95 Å². The number of benzene rings is 1. The minimum absolute atomic E-state index is 0.340. The first-order valence-electron chi connectivity index (χ1n) is 10.5. The molecule has 0 saturated carbocycles. The van der Waals surface area contributed by atoms with Crippen molar-refractivity contribution in [3.63, 3.8) is 0 Å². The van der Waals surface area contributed by atoms with E-state index in [1.165, 1.54) is 17.7 Å². The highest BCUT2D eigenvalue weighted by Crippen LogP contribution is 2.32. The van der Waals surface area contributed by atoms with Crippen LogP contribution in [0.2, 0.25) is 0 Å². The van der Waals surface area contributed by atoms with E-state index in [1.54, 1.807) is 12.1 Å². The van der Waals surface area contributed by atoms with Crippen molar-refractivity contribution < 1.29 is 13.9 Å². The zero-order valence-corrected chi connectivity index (χ0v) is 17.2. The Hall–Kier alpha value is -3.10. The number of fused-ring (bicyclic) bond motifs is 1. The molecule has 160 valence electrons. The van der Waals surface area contributed by atoms with Gasteiger partial charge >= 0.3 is 0 Å². The summed E-state index contributed by atoms with van der Waals surface area (Å²) in [6.45, 7) is 5.17. The molecule has 0 radical (unpaired) electrons. The Morgan fingerprint density at radius 2 is 1.87 bits per heavy atom. The maximum Gasteiger partial charge on any atom is 0.229 e. The molecule has 0 spiro atoms. The summed E-state index contributed by atoms with van der Waals surface area (Å²) in [5, 5.41) is 0. The van der Waals surface area contributed by atoms with Crippen LogP contribution in [0.15, 0.2) is 48.8 Å². The molecule has 0 unspecified atom stereocenters. The smallest absolute Gasteiger partial charge is 0.229 e. The summed E-state index contributed by atoms with van der Waals surface area (Å²) in [7, 11) is 0. The third-order valence-corrected chi connectivity index (χ3v) is 5.55. The minimum atomic E-state index is -0.340. The summed E-state index contributed by atoms with van der Waals surface area (Å²) >= 11 is 0. The highest BCUT2D eigenvalue weighted by molar-refractivity contribution is 5.43. The number of ether oxygens (including phenoxy) is 2. The van der Waals surface area contributed by atoms with Gasteiger partial charge in [0.25, 0.3) is 0 Å². The summed E-state index contributed by atoms with van der Waals surface area (Å²) in [6.07, 6.45) is 4.42. The van der Waals surface area contributed by atoms with Gasteiger partial charge in [-0.25, -0.2) is 9.37 Å². The minimum Gasteiger partial charge on any atom is -0.438 e. The van der Waals surface area contributed by atoms with E-state index in [0.717, 1.165) is 43.9 Å². The number of halogens is 1. The molecule has 4 heterocycles. The molecule has 0 N–H and O–H groups in total. The highest BCUT2D eigenvalue weighted by atomic mass is 19.1. The van der Waals surface area contributed by atoms with E-state index < -0.39 is 0 Å². The van der Waals surface area contributed by atoms with Crippen LogP contribution in [0, 0.1) is 5.82 Å². The molecule has 1 saturated heterocycles. The molecule has 0 amide bonds. The lowest BCUT2D eigenvalue weighted by atomic mass is 10.1. The third kappa shape index (κ3) is 4.65. The van der Waals surface area contributed by atoms with Crippen LogP contribution in [0.4, 0.5) is 10.3 Å². The topological polar surface area (TPSA) is 63.6 Å². The lowest BCUT2D eigenvalue weighted by molar-refractivity contribution is 0.122. The molecule has 1 fully saturated rings. The highest BCUT2D eigenvalue weighted by Gasteiger charge is 2.26. The monoisotopic (exact) mass is 421 g/mol. The standard InChI is InChI=1S/C23H24FN5O2/c24-18-2-1-3-19(14-18)31-22-20-16-28(15-17-4-7-25-8-5-17)9-6-21(20)26-23(27-22)29-10-12-30-13-11-29/h1-5,7-8,14H,6,9-13,15-16H2. The number of aromatic nitrogens is 3. The second kappa shape index (κ2) is 8.95. The van der Waals surface area contributed by atoms with Gasteiger partial charge in [-0.15, -0.1) is 0 Å². The summed E-state index contributed by atoms with van der Waals surface area (Å²) in [5.74, 6) is 1.24. The molecule has 2 aliphatic rings. The normalized spacial score (nSPS) is 16.7. The summed E-state index contributed by atoms with van der Waals surface area (Å²) in [6, 6.07) is 10.2. The first-order chi connectivity index (χ1) is 15.2. The SMILES string of the molecule is Fc1cccc(Oc2nc(N3CCOCC3)nc3c2CN(Cc2ccncc2)CC3)c1. The number of hydrogen-bond acceptors (Lipinski definition) is 7. The van der Waals surface area contributed by atoms with Gasteiger partial charge in [0.2, 0.25) is 11.8 Å². The van der Waals surface area contributed by atoms with Crippen LogP contribution in [0.3, 0.4) is 0 Å². The Balaban J connectivity index is 1.46. The Kier molecular flexibility index (Phi) is 5.73. The number of nitrogens with zero attached hydrogens (tertiary/aromatic N) is 5. The maximum atomic E-state index is 13.7. The van der Waals surface area contributed by atoms with Gasteiger partial charge in [-0.2, -0.15) is 4.98 Å². The van der Waals surface area contributed by atoms with Gasteiger partial charge in [0.05, 0.1) is 24.5 Å². The molecular formula is C23H24FN5O2. The summed E-state index contributed by atoms with van der Waals surface area (Å²) in [5.41, 5.74) is 3.16. The predicted molar refractivity (Wildman–Crippen MR) is 114 cm³/mol. The van der Waals surface area contributed by atoms with Gasteiger partial charge in [-0.3, -0.25) is 9.88 Å². The average molecular weight is 421 g/mol. The molecule has 2 aliphatic heterocycles. The second-order valence-corrected chi connectivity index (χ2v) is 7.73. The Bertz CT molecular complexity index is 1040. The number of anilines is 1. The molecule has 0 bridgehead atoms. The molecule has 2 aromatic heterocycles. The second-order valence-electron chi connectivity index (χ2n) is 7.73. The molecule has 1 aromatic carbocycles. The molecular weight excluding hydrogens is 397 g/mol. The van der Waals surface area contributed by atoms with Crippen LogP contribution in [0.25, 0.3) is 0 Å². The van der Waals surface area contributed by atoms with Gasteiger partial charge in [0.15, 0.2) is 0 Å². The van der Waals surface area contributed by atoms with Gasteiger partial charge in [-0.05, 0) is 29.8 Å². The average Bonchev–Trinajstić information content (AvgIpc) is 2.80. The van der Waals surface area contributed by atoms with Crippen LogP contribution in [0.1, 0.15) is 16.8 Å². The van der Waals surface area contributed by atoms with Crippen molar-refractivity contribution in [2.45, 2.75) is 19.5 Å². The largest absolute Gasteiger partial charge is 0.438 e. The van der Waals surface area contributed by atoms with Crippen molar-refractivity contribution in [3.05, 3.63) is 71.4 Å². The van der Waals surface area contributed by atoms with Crippen molar-refractivity contribution in [1.82, 2.24) is 19.9 Å². The van der Waals surface area contributed by atoms with E-state index in [2.05, 4.69) is 14.8 Å². The zero-order chi connectivity index (χ0) is 21.0. The number of pyridine rings is 1. The molecule has 3 aromatic rings. The number of rotatable bonds is 5. The van der Waals surface area contributed by atoms with E-state index in [1.807, 2.05) is 24.5 Å². The number of hydrogen-bond donors (Lipinski definition) is 0. The van der Waals surface area contributed by atoms with Gasteiger partial charge < -0.3 is 14.4 Å². The van der Waals surface area contributed by atoms with Crippen LogP contribution < -0.4 is 9.64 Å². The molecule has 5 rings (SSSR count). The van der Waals surface area contributed by atoms with Crippen molar-refractivity contribution in [1.29, 1.82) is 0 Å². The Labute approximate surface area is 180 Å². The van der Waals surface area contributed by atoms with E-state index in [0.29, 0.717) is 37.3 Å². The first-order valence-corrected chi connectivity index (χ1v) is 10.5. The maximum absolute atomic E-state index is 13.7. The third-order valence-electron chi connectivity index (χ3n) is 5.55. The van der Waals surface area contributed by atoms with E-state index in [-0.39, 0.29) is 5.82 Å². The summed E-state index contributed by atoms with van der Waals surface area (Å²) < 4.78 is 25.3. The fraction of sp³-hybridized carbons (Fsp3) is 0.348. The van der Waals surface area contributed by atoms with Gasteiger partial charge in [0.1, 0.15) is 11.6 Å². The van der Waals surface area contributed by atoms with Gasteiger partial charge in [0, 0.05) is 57.6 Å². The first kappa shape index (κ1) is 19.8. The predicted octanol–water partition coefficient (Wildman–Crippen LogP) is 3.20. The van der Waals surface area contributed by atoms with Gasteiger partial charge in [-0.1, -0.05) is 6.07 Å². The summed E-state index contributed by atoms with van der Waals surface area (Å²) in [4.78, 5) is 18.2. The molecule has 7 nitrogen and oxygen atoms in total. The van der Waals surface area contributed by atoms with Crippen LogP contribution >= 0.6 is 0 Å². The Morgan fingerprint density at radius 1 is 1.03 bits per heavy atom.